The van der Waals surface area contributed by atoms with E-state index in [1.807, 2.05) is 0 Å². The predicted octanol–water partition coefficient (Wildman–Crippen LogP) is 4.19. The van der Waals surface area contributed by atoms with Crippen LogP contribution in [0.15, 0.2) is 36.4 Å². The van der Waals surface area contributed by atoms with E-state index in [4.69, 9.17) is 5.11 Å². The molecule has 2 rings (SSSR count). The zero-order valence-electron chi connectivity index (χ0n) is 11.3. The molecule has 1 atom stereocenters. The summed E-state index contributed by atoms with van der Waals surface area (Å²) in [7, 11) is 0. The summed E-state index contributed by atoms with van der Waals surface area (Å²) < 4.78 is 38.0. The van der Waals surface area contributed by atoms with Gasteiger partial charge in [-0.1, -0.05) is 12.1 Å². The van der Waals surface area contributed by atoms with Crippen LogP contribution in [0.4, 0.5) is 13.2 Å². The summed E-state index contributed by atoms with van der Waals surface area (Å²) in [5.41, 5.74) is -0.972. The van der Waals surface area contributed by atoms with Crippen molar-refractivity contribution >= 4 is 23.1 Å². The lowest BCUT2D eigenvalue weighted by Crippen LogP contribution is -2.07. The lowest BCUT2D eigenvalue weighted by Gasteiger charge is -2.07. The molecule has 0 aliphatic rings. The lowest BCUT2D eigenvalue weighted by atomic mass is 10.1. The molecule has 0 aliphatic heterocycles. The predicted molar refractivity (Wildman–Crippen MR) is 75.2 cm³/mol. The fourth-order valence-electron chi connectivity index (χ4n) is 1.81. The first kappa shape index (κ1) is 16.2. The molecule has 0 fully saturated rings. The van der Waals surface area contributed by atoms with Crippen LogP contribution in [-0.4, -0.2) is 16.9 Å². The van der Waals surface area contributed by atoms with Gasteiger partial charge < -0.3 is 5.11 Å². The molecule has 0 aliphatic carbocycles. The highest BCUT2D eigenvalue weighted by Gasteiger charge is 2.31. The van der Waals surface area contributed by atoms with E-state index in [-0.39, 0.29) is 10.4 Å². The summed E-state index contributed by atoms with van der Waals surface area (Å²) in [6.45, 7) is 1.48. The molecule has 0 bridgehead atoms. The third-order valence-corrected chi connectivity index (χ3v) is 4.37. The van der Waals surface area contributed by atoms with Gasteiger partial charge in [0, 0.05) is 10.4 Å². The Bertz CT molecular complexity index is 719. The maximum atomic E-state index is 12.7. The van der Waals surface area contributed by atoms with E-state index >= 15 is 0 Å². The highest BCUT2D eigenvalue weighted by atomic mass is 32.1. The number of hydrogen-bond donors (Lipinski definition) is 1. The molecule has 2 aromatic rings. The minimum Gasteiger partial charge on any atom is -0.481 e. The van der Waals surface area contributed by atoms with Gasteiger partial charge in [-0.05, 0) is 31.2 Å². The summed E-state index contributed by atoms with van der Waals surface area (Å²) in [5, 5.41) is 8.92. The minimum atomic E-state index is -4.52. The molecule has 0 spiro atoms. The lowest BCUT2D eigenvalue weighted by molar-refractivity contribution is -0.138. The van der Waals surface area contributed by atoms with Crippen LogP contribution in [0, 0.1) is 0 Å². The number of thiophene rings is 1. The number of ketones is 1. The second-order valence-corrected chi connectivity index (χ2v) is 5.78. The Morgan fingerprint density at radius 3 is 2.45 bits per heavy atom. The molecule has 1 heterocycles. The zero-order valence-corrected chi connectivity index (χ0v) is 12.2. The van der Waals surface area contributed by atoms with Crippen molar-refractivity contribution in [2.45, 2.75) is 19.0 Å². The van der Waals surface area contributed by atoms with Gasteiger partial charge in [-0.2, -0.15) is 13.2 Å². The van der Waals surface area contributed by atoms with Crippen molar-refractivity contribution in [1.29, 1.82) is 0 Å². The van der Waals surface area contributed by atoms with Crippen molar-refractivity contribution in [3.05, 3.63) is 57.3 Å². The van der Waals surface area contributed by atoms with Gasteiger partial charge in [0.25, 0.3) is 0 Å². The van der Waals surface area contributed by atoms with E-state index < -0.39 is 29.4 Å². The van der Waals surface area contributed by atoms with Crippen LogP contribution in [0.3, 0.4) is 0 Å². The second-order valence-electron chi connectivity index (χ2n) is 4.67. The van der Waals surface area contributed by atoms with E-state index in [0.29, 0.717) is 4.88 Å². The Labute approximate surface area is 128 Å². The maximum absolute atomic E-state index is 12.7. The van der Waals surface area contributed by atoms with Crippen molar-refractivity contribution in [1.82, 2.24) is 0 Å². The maximum Gasteiger partial charge on any atom is 0.416 e. The number of hydrogen-bond acceptors (Lipinski definition) is 3. The minimum absolute atomic E-state index is 0.0776. The molecule has 1 unspecified atom stereocenters. The van der Waals surface area contributed by atoms with E-state index in [0.717, 1.165) is 23.5 Å². The first-order valence-corrected chi connectivity index (χ1v) is 7.06. The molecule has 0 saturated heterocycles. The summed E-state index contributed by atoms with van der Waals surface area (Å²) in [5.74, 6) is -2.35. The Balaban J connectivity index is 2.31. The zero-order chi connectivity index (χ0) is 16.5. The molecule has 0 saturated carbocycles. The van der Waals surface area contributed by atoms with Crippen LogP contribution >= 0.6 is 11.3 Å². The SMILES string of the molecule is CC(C(=O)O)c1ccc(C(=O)c2cccc(C(F)(F)F)c2)s1. The summed E-state index contributed by atoms with van der Waals surface area (Å²) in [6.07, 6.45) is -4.52. The van der Waals surface area contributed by atoms with Crippen molar-refractivity contribution in [2.24, 2.45) is 0 Å². The molecule has 1 aromatic heterocycles. The van der Waals surface area contributed by atoms with Gasteiger partial charge in [0.2, 0.25) is 5.78 Å². The molecule has 116 valence electrons. The number of alkyl halides is 3. The average Bonchev–Trinajstić information content (AvgIpc) is 2.94. The Morgan fingerprint density at radius 2 is 1.86 bits per heavy atom. The number of rotatable bonds is 4. The number of halogens is 3. The Morgan fingerprint density at radius 1 is 1.18 bits per heavy atom. The average molecular weight is 328 g/mol. The molecule has 0 radical (unpaired) electrons. The van der Waals surface area contributed by atoms with Gasteiger partial charge in [-0.25, -0.2) is 0 Å². The van der Waals surface area contributed by atoms with Crippen molar-refractivity contribution in [2.75, 3.05) is 0 Å². The van der Waals surface area contributed by atoms with Crippen LogP contribution < -0.4 is 0 Å². The third kappa shape index (κ3) is 3.36. The molecular formula is C15H11F3O3S. The van der Waals surface area contributed by atoms with Crippen LogP contribution in [0.1, 0.15) is 38.5 Å². The normalized spacial score (nSPS) is 12.9. The standard InChI is InChI=1S/C15H11F3O3S/c1-8(14(20)21)11-5-6-12(22-11)13(19)9-3-2-4-10(7-9)15(16,17)18/h2-8H,1H3,(H,20,21). The summed E-state index contributed by atoms with van der Waals surface area (Å²) in [4.78, 5) is 23.8. The Hall–Kier alpha value is -2.15. The van der Waals surface area contributed by atoms with Gasteiger partial charge in [0.1, 0.15) is 0 Å². The molecule has 7 heteroatoms. The van der Waals surface area contributed by atoms with Gasteiger partial charge in [-0.15, -0.1) is 11.3 Å². The number of carbonyl (C=O) groups excluding carboxylic acids is 1. The van der Waals surface area contributed by atoms with Crippen LogP contribution in [0.25, 0.3) is 0 Å². The number of benzene rings is 1. The van der Waals surface area contributed by atoms with Gasteiger partial charge >= 0.3 is 12.1 Å². The molecule has 3 nitrogen and oxygen atoms in total. The fraction of sp³-hybridized carbons (Fsp3) is 0.200. The quantitative estimate of drug-likeness (QED) is 0.856. The van der Waals surface area contributed by atoms with E-state index in [1.165, 1.54) is 31.2 Å². The molecule has 1 N–H and O–H groups in total. The van der Waals surface area contributed by atoms with Crippen molar-refractivity contribution < 1.29 is 27.9 Å². The first-order chi connectivity index (χ1) is 10.2. The van der Waals surface area contributed by atoms with Crippen molar-refractivity contribution in [3.63, 3.8) is 0 Å². The van der Waals surface area contributed by atoms with E-state index in [1.54, 1.807) is 0 Å². The van der Waals surface area contributed by atoms with Crippen LogP contribution in [-0.2, 0) is 11.0 Å². The topological polar surface area (TPSA) is 54.4 Å². The van der Waals surface area contributed by atoms with Crippen LogP contribution in [0.5, 0.6) is 0 Å². The van der Waals surface area contributed by atoms with Crippen LogP contribution in [0.2, 0.25) is 0 Å². The molecular weight excluding hydrogens is 317 g/mol. The van der Waals surface area contributed by atoms with Gasteiger partial charge in [0.15, 0.2) is 0 Å². The summed E-state index contributed by atoms with van der Waals surface area (Å²) in [6, 6.07) is 7.10. The number of carbonyl (C=O) groups is 2. The monoisotopic (exact) mass is 328 g/mol. The smallest absolute Gasteiger partial charge is 0.416 e. The molecule has 22 heavy (non-hydrogen) atoms. The molecule has 0 amide bonds. The first-order valence-electron chi connectivity index (χ1n) is 6.24. The van der Waals surface area contributed by atoms with Crippen molar-refractivity contribution in [3.8, 4) is 0 Å². The number of carboxylic acids is 1. The van der Waals surface area contributed by atoms with E-state index in [9.17, 15) is 22.8 Å². The number of carboxylic acid groups (broad SMARTS) is 1. The largest absolute Gasteiger partial charge is 0.481 e. The second kappa shape index (κ2) is 5.92. The highest BCUT2D eigenvalue weighted by Crippen LogP contribution is 2.31. The third-order valence-electron chi connectivity index (χ3n) is 3.10. The fourth-order valence-corrected chi connectivity index (χ4v) is 2.82. The Kier molecular flexibility index (Phi) is 4.37. The molecule has 1 aromatic carbocycles. The number of aliphatic carboxylic acids is 1. The van der Waals surface area contributed by atoms with Gasteiger partial charge in [0.05, 0.1) is 16.4 Å². The highest BCUT2D eigenvalue weighted by molar-refractivity contribution is 7.14. The van der Waals surface area contributed by atoms with E-state index in [2.05, 4.69) is 0 Å². The van der Waals surface area contributed by atoms with Gasteiger partial charge in [-0.3, -0.25) is 9.59 Å². The summed E-state index contributed by atoms with van der Waals surface area (Å²) >= 11 is 0.974.